The third-order valence-electron chi connectivity index (χ3n) is 4.78. The van der Waals surface area contributed by atoms with E-state index in [1.54, 1.807) is 10.6 Å². The van der Waals surface area contributed by atoms with E-state index >= 15 is 0 Å². The number of sulfonamides is 1. The van der Waals surface area contributed by atoms with Crippen molar-refractivity contribution >= 4 is 26.7 Å². The Kier molecular flexibility index (Phi) is 5.24. The maximum Gasteiger partial charge on any atom is 0.211 e. The molecule has 0 bridgehead atoms. The van der Waals surface area contributed by atoms with Crippen LogP contribution < -0.4 is 4.90 Å². The second-order valence-corrected chi connectivity index (χ2v) is 9.03. The van der Waals surface area contributed by atoms with Crippen LogP contribution in [0.4, 0.5) is 5.82 Å². The fraction of sp³-hybridized carbons (Fsp3) is 0.556. The highest BCUT2D eigenvalue weighted by Crippen LogP contribution is 2.28. The van der Waals surface area contributed by atoms with Gasteiger partial charge in [0.25, 0.3) is 0 Å². The van der Waals surface area contributed by atoms with Gasteiger partial charge in [-0.3, -0.25) is 0 Å². The molecule has 1 unspecified atom stereocenters. The third kappa shape index (κ3) is 4.10. The summed E-state index contributed by atoms with van der Waals surface area (Å²) in [6.07, 6.45) is 4.99. The minimum atomic E-state index is -3.19. The average Bonchev–Trinajstić information content (AvgIpc) is 2.58. The molecule has 0 spiro atoms. The Balaban J connectivity index is 1.81. The zero-order valence-electron chi connectivity index (χ0n) is 15.1. The second-order valence-electron chi connectivity index (χ2n) is 7.10. The molecule has 1 aromatic heterocycles. The third-order valence-corrected chi connectivity index (χ3v) is 6.20. The number of nitrogens with zero attached hydrogens (tertiary/aromatic N) is 4. The minimum Gasteiger partial charge on any atom is -0.356 e. The van der Waals surface area contributed by atoms with Crippen LogP contribution in [-0.2, 0) is 10.0 Å². The molecule has 2 aromatic rings. The molecular formula is C18H26N4O2S. The highest BCUT2D eigenvalue weighted by Gasteiger charge is 2.28. The summed E-state index contributed by atoms with van der Waals surface area (Å²) in [4.78, 5) is 11.1. The number of benzene rings is 1. The number of piperidine rings is 1. The van der Waals surface area contributed by atoms with E-state index in [1.165, 1.54) is 6.26 Å². The first-order chi connectivity index (χ1) is 11.9. The molecule has 136 valence electrons. The van der Waals surface area contributed by atoms with E-state index < -0.39 is 10.0 Å². The molecular weight excluding hydrogens is 336 g/mol. The van der Waals surface area contributed by atoms with Crippen LogP contribution in [0.25, 0.3) is 10.9 Å². The Morgan fingerprint density at radius 1 is 1.28 bits per heavy atom. The molecule has 1 saturated heterocycles. The van der Waals surface area contributed by atoms with E-state index in [0.717, 1.165) is 42.7 Å². The van der Waals surface area contributed by atoms with Gasteiger partial charge in [0.2, 0.25) is 10.0 Å². The molecule has 0 radical (unpaired) electrons. The molecule has 2 heterocycles. The summed E-state index contributed by atoms with van der Waals surface area (Å²) in [6, 6.07) is 7.99. The van der Waals surface area contributed by atoms with E-state index in [-0.39, 0.29) is 6.04 Å². The minimum absolute atomic E-state index is 0.0229. The standard InChI is InChI=1S/C18H26N4O2S/c1-14(2)22(25(3,23)24)12-15-7-6-10-21(11-15)18-16-8-4-5-9-17(16)19-13-20-18/h4-5,8-9,13-15H,6-7,10-12H2,1-3H3. The van der Waals surface area contributed by atoms with Gasteiger partial charge in [-0.1, -0.05) is 12.1 Å². The fourth-order valence-electron chi connectivity index (χ4n) is 3.63. The Morgan fingerprint density at radius 2 is 2.04 bits per heavy atom. The van der Waals surface area contributed by atoms with Crippen molar-refractivity contribution in [1.82, 2.24) is 14.3 Å². The maximum atomic E-state index is 12.1. The Bertz CT molecular complexity index is 833. The van der Waals surface area contributed by atoms with Crippen molar-refractivity contribution in [2.75, 3.05) is 30.8 Å². The molecule has 0 saturated carbocycles. The molecule has 6 nitrogen and oxygen atoms in total. The zero-order chi connectivity index (χ0) is 18.0. The van der Waals surface area contributed by atoms with Crippen molar-refractivity contribution in [2.24, 2.45) is 5.92 Å². The number of aromatic nitrogens is 2. The van der Waals surface area contributed by atoms with Crippen LogP contribution in [0.5, 0.6) is 0 Å². The van der Waals surface area contributed by atoms with Crippen LogP contribution in [0, 0.1) is 5.92 Å². The van der Waals surface area contributed by atoms with Crippen LogP contribution in [0.15, 0.2) is 30.6 Å². The van der Waals surface area contributed by atoms with E-state index in [0.29, 0.717) is 12.5 Å². The van der Waals surface area contributed by atoms with Gasteiger partial charge in [-0.25, -0.2) is 18.4 Å². The normalized spacial score (nSPS) is 19.1. The highest BCUT2D eigenvalue weighted by atomic mass is 32.2. The average molecular weight is 362 g/mol. The highest BCUT2D eigenvalue weighted by molar-refractivity contribution is 7.88. The quantitative estimate of drug-likeness (QED) is 0.818. The summed E-state index contributed by atoms with van der Waals surface area (Å²) in [7, 11) is -3.19. The summed E-state index contributed by atoms with van der Waals surface area (Å²) in [6.45, 7) is 6.19. The molecule has 0 amide bonds. The molecule has 1 aliphatic rings. The maximum absolute atomic E-state index is 12.1. The van der Waals surface area contributed by atoms with Crippen molar-refractivity contribution < 1.29 is 8.42 Å². The van der Waals surface area contributed by atoms with Gasteiger partial charge in [0.05, 0.1) is 11.8 Å². The smallest absolute Gasteiger partial charge is 0.211 e. The number of anilines is 1. The number of hydrogen-bond acceptors (Lipinski definition) is 5. The summed E-state index contributed by atoms with van der Waals surface area (Å²) in [5.41, 5.74) is 0.939. The van der Waals surface area contributed by atoms with E-state index in [9.17, 15) is 8.42 Å². The van der Waals surface area contributed by atoms with Gasteiger partial charge in [-0.2, -0.15) is 4.31 Å². The van der Waals surface area contributed by atoms with Crippen LogP contribution in [-0.4, -0.2) is 54.6 Å². The van der Waals surface area contributed by atoms with Crippen LogP contribution >= 0.6 is 0 Å². The van der Waals surface area contributed by atoms with Crippen molar-refractivity contribution in [2.45, 2.75) is 32.7 Å². The van der Waals surface area contributed by atoms with Crippen molar-refractivity contribution in [3.8, 4) is 0 Å². The number of para-hydroxylation sites is 1. The zero-order valence-corrected chi connectivity index (χ0v) is 15.9. The van der Waals surface area contributed by atoms with Gasteiger partial charge in [0.1, 0.15) is 12.1 Å². The molecule has 1 aliphatic heterocycles. The Labute approximate surface area is 149 Å². The van der Waals surface area contributed by atoms with Gasteiger partial charge in [-0.15, -0.1) is 0 Å². The lowest BCUT2D eigenvalue weighted by molar-refractivity contribution is 0.277. The van der Waals surface area contributed by atoms with Gasteiger partial charge in [-0.05, 0) is 44.7 Å². The Hall–Kier alpha value is -1.73. The lowest BCUT2D eigenvalue weighted by atomic mass is 9.97. The SMILES string of the molecule is CC(C)N(CC1CCCN(c2ncnc3ccccc23)C1)S(C)(=O)=O. The van der Waals surface area contributed by atoms with Crippen LogP contribution in [0.3, 0.4) is 0 Å². The van der Waals surface area contributed by atoms with Gasteiger partial charge >= 0.3 is 0 Å². The summed E-state index contributed by atoms with van der Waals surface area (Å²) < 4.78 is 25.7. The predicted molar refractivity (Wildman–Crippen MR) is 101 cm³/mol. The molecule has 1 fully saturated rings. The lowest BCUT2D eigenvalue weighted by Gasteiger charge is -2.37. The molecule has 25 heavy (non-hydrogen) atoms. The van der Waals surface area contributed by atoms with Gasteiger partial charge in [0.15, 0.2) is 0 Å². The second kappa shape index (κ2) is 7.25. The van der Waals surface area contributed by atoms with Crippen LogP contribution in [0.1, 0.15) is 26.7 Å². The lowest BCUT2D eigenvalue weighted by Crippen LogP contribution is -2.45. The predicted octanol–water partition coefficient (Wildman–Crippen LogP) is 2.52. The molecule has 1 atom stereocenters. The summed E-state index contributed by atoms with van der Waals surface area (Å²) in [5.74, 6) is 1.25. The van der Waals surface area contributed by atoms with Crippen molar-refractivity contribution in [3.63, 3.8) is 0 Å². The van der Waals surface area contributed by atoms with Gasteiger partial charge in [0, 0.05) is 31.1 Å². The fourth-order valence-corrected chi connectivity index (χ4v) is 4.88. The topological polar surface area (TPSA) is 66.4 Å². The van der Waals surface area contributed by atoms with Crippen LogP contribution in [0.2, 0.25) is 0 Å². The van der Waals surface area contributed by atoms with E-state index in [2.05, 4.69) is 14.9 Å². The first kappa shape index (κ1) is 18.1. The van der Waals surface area contributed by atoms with Crippen molar-refractivity contribution in [3.05, 3.63) is 30.6 Å². The number of fused-ring (bicyclic) bond motifs is 1. The summed E-state index contributed by atoms with van der Waals surface area (Å²) >= 11 is 0. The Morgan fingerprint density at radius 3 is 2.76 bits per heavy atom. The molecule has 0 N–H and O–H groups in total. The molecule has 7 heteroatoms. The van der Waals surface area contributed by atoms with E-state index in [1.807, 2.05) is 38.1 Å². The van der Waals surface area contributed by atoms with E-state index in [4.69, 9.17) is 0 Å². The summed E-state index contributed by atoms with van der Waals surface area (Å²) in [5, 5.41) is 1.05. The van der Waals surface area contributed by atoms with Gasteiger partial charge < -0.3 is 4.90 Å². The number of hydrogen-bond donors (Lipinski definition) is 0. The molecule has 3 rings (SSSR count). The monoisotopic (exact) mass is 362 g/mol. The largest absolute Gasteiger partial charge is 0.356 e. The first-order valence-corrected chi connectivity index (χ1v) is 10.6. The first-order valence-electron chi connectivity index (χ1n) is 8.78. The molecule has 1 aromatic carbocycles. The molecule has 0 aliphatic carbocycles. The van der Waals surface area contributed by atoms with Crippen molar-refractivity contribution in [1.29, 1.82) is 0 Å². The number of rotatable bonds is 5.